The van der Waals surface area contributed by atoms with Crippen LogP contribution < -0.4 is 5.73 Å². The van der Waals surface area contributed by atoms with Crippen LogP contribution in [0.15, 0.2) is 0 Å². The maximum absolute atomic E-state index is 12.7. The van der Waals surface area contributed by atoms with Crippen molar-refractivity contribution < 1.29 is 22.3 Å². The van der Waals surface area contributed by atoms with Gasteiger partial charge in [-0.1, -0.05) is 13.8 Å². The van der Waals surface area contributed by atoms with E-state index in [1.54, 1.807) is 0 Å². The summed E-state index contributed by atoms with van der Waals surface area (Å²) in [6, 6.07) is 0. The van der Waals surface area contributed by atoms with Gasteiger partial charge < -0.3 is 10.5 Å². The molecule has 0 fully saturated rings. The van der Waals surface area contributed by atoms with Crippen LogP contribution in [0.5, 0.6) is 0 Å². The molecule has 0 aliphatic heterocycles. The number of rotatable bonds is 8. The number of hydrogen-bond acceptors (Lipinski definition) is 4. The summed E-state index contributed by atoms with van der Waals surface area (Å²) >= 11 is 1.27. The van der Waals surface area contributed by atoms with Crippen molar-refractivity contribution in [1.29, 1.82) is 0 Å². The molecule has 0 radical (unpaired) electrons. The summed E-state index contributed by atoms with van der Waals surface area (Å²) < 4.78 is 53.9. The van der Waals surface area contributed by atoms with Crippen LogP contribution in [-0.4, -0.2) is 23.9 Å². The van der Waals surface area contributed by atoms with E-state index in [2.05, 4.69) is 9.72 Å². The lowest BCUT2D eigenvalue weighted by Gasteiger charge is -2.14. The molecule has 0 saturated heterocycles. The van der Waals surface area contributed by atoms with Gasteiger partial charge in [-0.25, -0.2) is 13.8 Å². The van der Waals surface area contributed by atoms with Crippen LogP contribution in [0, 0.1) is 5.92 Å². The minimum absolute atomic E-state index is 0.210. The molecule has 0 amide bonds. The van der Waals surface area contributed by atoms with Gasteiger partial charge in [-0.15, -0.1) is 11.3 Å². The number of nitrogens with two attached hydrogens (primary N) is 1. The number of hydrogen-bond donors (Lipinski definition) is 1. The van der Waals surface area contributed by atoms with Crippen molar-refractivity contribution >= 4 is 11.3 Å². The molecule has 0 atom stereocenters. The van der Waals surface area contributed by atoms with E-state index >= 15 is 0 Å². The third-order valence-electron chi connectivity index (χ3n) is 2.45. The summed E-state index contributed by atoms with van der Waals surface area (Å²) in [6.45, 7) is 2.84. The molecular formula is C12H18F4N2OS. The van der Waals surface area contributed by atoms with E-state index in [1.807, 2.05) is 13.8 Å². The van der Waals surface area contributed by atoms with Gasteiger partial charge in [0.1, 0.15) is 11.6 Å². The van der Waals surface area contributed by atoms with Gasteiger partial charge in [0.15, 0.2) is 0 Å². The predicted octanol–water partition coefficient (Wildman–Crippen LogP) is 3.22. The molecule has 0 saturated carbocycles. The second-order valence-electron chi connectivity index (χ2n) is 4.83. The Labute approximate surface area is 119 Å². The van der Waals surface area contributed by atoms with Gasteiger partial charge in [-0.2, -0.15) is 8.78 Å². The first kappa shape index (κ1) is 17.3. The molecule has 1 heterocycles. The first-order valence-electron chi connectivity index (χ1n) is 6.17. The van der Waals surface area contributed by atoms with Gasteiger partial charge in [-0.3, -0.25) is 0 Å². The molecule has 0 aliphatic carbocycles. The molecule has 1 rings (SSSR count). The highest BCUT2D eigenvalue weighted by atomic mass is 32.1. The monoisotopic (exact) mass is 314 g/mol. The van der Waals surface area contributed by atoms with E-state index in [4.69, 9.17) is 5.73 Å². The van der Waals surface area contributed by atoms with Crippen LogP contribution in [0.2, 0.25) is 0 Å². The highest BCUT2D eigenvalue weighted by Crippen LogP contribution is 2.25. The Kier molecular flexibility index (Phi) is 6.35. The SMILES string of the molecule is CC(C)Cc1nc(COCC(F)(F)C(F)F)sc1CN. The molecule has 0 aliphatic rings. The van der Waals surface area contributed by atoms with E-state index in [-0.39, 0.29) is 6.61 Å². The summed E-state index contributed by atoms with van der Waals surface area (Å²) in [6.07, 6.45) is -2.99. The molecule has 8 heteroatoms. The molecular weight excluding hydrogens is 296 g/mol. The van der Waals surface area contributed by atoms with Crippen LogP contribution in [0.3, 0.4) is 0 Å². The Bertz CT molecular complexity index is 424. The van der Waals surface area contributed by atoms with Crippen LogP contribution in [0.4, 0.5) is 17.6 Å². The van der Waals surface area contributed by atoms with E-state index in [0.717, 1.165) is 17.0 Å². The molecule has 2 N–H and O–H groups in total. The maximum atomic E-state index is 12.7. The van der Waals surface area contributed by atoms with Gasteiger partial charge in [0.2, 0.25) is 0 Å². The highest BCUT2D eigenvalue weighted by molar-refractivity contribution is 7.11. The summed E-state index contributed by atoms with van der Waals surface area (Å²) in [5.41, 5.74) is 6.41. The molecule has 20 heavy (non-hydrogen) atoms. The van der Waals surface area contributed by atoms with E-state index in [1.165, 1.54) is 11.3 Å². The van der Waals surface area contributed by atoms with Crippen molar-refractivity contribution in [1.82, 2.24) is 4.98 Å². The average molecular weight is 314 g/mol. The van der Waals surface area contributed by atoms with E-state index < -0.39 is 19.0 Å². The number of nitrogens with zero attached hydrogens (tertiary/aromatic N) is 1. The summed E-state index contributed by atoms with van der Waals surface area (Å²) in [5, 5.41) is 0.478. The van der Waals surface area contributed by atoms with Crippen LogP contribution in [0.25, 0.3) is 0 Å². The number of thiazole rings is 1. The Morgan fingerprint density at radius 1 is 1.35 bits per heavy atom. The minimum Gasteiger partial charge on any atom is -0.368 e. The second kappa shape index (κ2) is 7.33. The first-order valence-corrected chi connectivity index (χ1v) is 6.99. The zero-order valence-electron chi connectivity index (χ0n) is 11.3. The zero-order valence-corrected chi connectivity index (χ0v) is 12.2. The fourth-order valence-corrected chi connectivity index (χ4v) is 2.45. The molecule has 0 aromatic carbocycles. The van der Waals surface area contributed by atoms with Gasteiger partial charge in [-0.05, 0) is 12.3 Å². The Balaban J connectivity index is 2.58. The summed E-state index contributed by atoms with van der Waals surface area (Å²) in [7, 11) is 0. The van der Waals surface area contributed by atoms with Crippen molar-refractivity contribution in [2.45, 2.75) is 45.8 Å². The zero-order chi connectivity index (χ0) is 15.3. The molecule has 0 spiro atoms. The Morgan fingerprint density at radius 3 is 2.50 bits per heavy atom. The van der Waals surface area contributed by atoms with Crippen molar-refractivity contribution in [3.63, 3.8) is 0 Å². The molecule has 0 unspecified atom stereocenters. The lowest BCUT2D eigenvalue weighted by Crippen LogP contribution is -2.32. The third-order valence-corrected chi connectivity index (χ3v) is 3.54. The first-order chi connectivity index (χ1) is 9.26. The number of halogens is 4. The standard InChI is InChI=1S/C12H18F4N2OS/c1-7(2)3-8-9(4-17)20-10(18-8)5-19-6-12(15,16)11(13)14/h7,11H,3-6,17H2,1-2H3. The van der Waals surface area contributed by atoms with E-state index in [9.17, 15) is 17.6 Å². The number of alkyl halides is 4. The molecule has 0 bridgehead atoms. The minimum atomic E-state index is -4.13. The largest absolute Gasteiger partial charge is 0.368 e. The lowest BCUT2D eigenvalue weighted by molar-refractivity contribution is -0.168. The number of ether oxygens (including phenoxy) is 1. The lowest BCUT2D eigenvalue weighted by atomic mass is 10.1. The fraction of sp³-hybridized carbons (Fsp3) is 0.750. The van der Waals surface area contributed by atoms with Gasteiger partial charge in [0.25, 0.3) is 0 Å². The smallest absolute Gasteiger partial charge is 0.330 e. The second-order valence-corrected chi connectivity index (χ2v) is 6.00. The topological polar surface area (TPSA) is 48.1 Å². The Morgan fingerprint density at radius 2 is 2.00 bits per heavy atom. The maximum Gasteiger partial charge on any atom is 0.330 e. The van der Waals surface area contributed by atoms with Crippen molar-refractivity contribution in [2.75, 3.05) is 6.61 Å². The van der Waals surface area contributed by atoms with Gasteiger partial charge in [0.05, 0.1) is 12.3 Å². The Hall–Kier alpha value is -0.730. The summed E-state index contributed by atoms with van der Waals surface area (Å²) in [4.78, 5) is 5.14. The molecule has 116 valence electrons. The number of aromatic nitrogens is 1. The van der Waals surface area contributed by atoms with Gasteiger partial charge >= 0.3 is 12.3 Å². The van der Waals surface area contributed by atoms with Crippen molar-refractivity contribution in [3.8, 4) is 0 Å². The predicted molar refractivity (Wildman–Crippen MR) is 69.2 cm³/mol. The van der Waals surface area contributed by atoms with Gasteiger partial charge in [0, 0.05) is 11.4 Å². The molecule has 1 aromatic heterocycles. The fourth-order valence-electron chi connectivity index (χ4n) is 1.54. The van der Waals surface area contributed by atoms with Crippen molar-refractivity contribution in [3.05, 3.63) is 15.6 Å². The van der Waals surface area contributed by atoms with Crippen LogP contribution in [-0.2, 0) is 24.3 Å². The van der Waals surface area contributed by atoms with Crippen molar-refractivity contribution in [2.24, 2.45) is 11.7 Å². The normalized spacial score (nSPS) is 12.7. The summed E-state index contributed by atoms with van der Waals surface area (Å²) in [5.74, 6) is -3.74. The molecule has 3 nitrogen and oxygen atoms in total. The third kappa shape index (κ3) is 4.99. The quantitative estimate of drug-likeness (QED) is 0.750. The van der Waals surface area contributed by atoms with E-state index in [0.29, 0.717) is 17.5 Å². The highest BCUT2D eigenvalue weighted by Gasteiger charge is 2.41. The average Bonchev–Trinajstić information content (AvgIpc) is 2.70. The van der Waals surface area contributed by atoms with Crippen LogP contribution >= 0.6 is 11.3 Å². The van der Waals surface area contributed by atoms with Crippen LogP contribution in [0.1, 0.15) is 29.4 Å². The molecule has 1 aromatic rings.